The van der Waals surface area contributed by atoms with Gasteiger partial charge in [0.1, 0.15) is 0 Å². The molecule has 4 saturated carbocycles. The Morgan fingerprint density at radius 2 is 1.42 bits per heavy atom. The molecular formula is C19H32N3O2+. The van der Waals surface area contributed by atoms with Crippen LogP contribution in [0.3, 0.4) is 0 Å². The Labute approximate surface area is 144 Å². The molecule has 5 aliphatic rings. The van der Waals surface area contributed by atoms with Crippen molar-refractivity contribution in [3.8, 4) is 0 Å². The van der Waals surface area contributed by atoms with E-state index in [-0.39, 0.29) is 17.5 Å². The van der Waals surface area contributed by atoms with Crippen LogP contribution in [-0.4, -0.2) is 37.1 Å². The largest absolute Gasteiger partial charge is 0.332 e. The van der Waals surface area contributed by atoms with Crippen LogP contribution in [0, 0.1) is 17.8 Å². The van der Waals surface area contributed by atoms with Crippen molar-refractivity contribution >= 4 is 11.9 Å². The Balaban J connectivity index is 1.28. The number of likely N-dealkylation sites (tertiary alicyclic amines) is 1. The van der Waals surface area contributed by atoms with Gasteiger partial charge < -0.3 is 10.2 Å². The van der Waals surface area contributed by atoms with Crippen LogP contribution in [0.1, 0.15) is 64.2 Å². The predicted molar refractivity (Wildman–Crippen MR) is 91.6 cm³/mol. The fourth-order valence-corrected chi connectivity index (χ4v) is 6.34. The van der Waals surface area contributed by atoms with E-state index in [0.29, 0.717) is 6.54 Å². The highest BCUT2D eigenvalue weighted by Crippen LogP contribution is 2.55. The molecule has 0 radical (unpaired) electrons. The van der Waals surface area contributed by atoms with Crippen LogP contribution in [0.4, 0.5) is 4.79 Å². The molecule has 1 saturated heterocycles. The van der Waals surface area contributed by atoms with Gasteiger partial charge in [0.25, 0.3) is 5.91 Å². The van der Waals surface area contributed by atoms with Crippen molar-refractivity contribution in [1.82, 2.24) is 10.6 Å². The molecule has 0 aromatic carbocycles. The van der Waals surface area contributed by atoms with E-state index in [1.807, 2.05) is 0 Å². The Hall–Kier alpha value is -1.10. The Morgan fingerprint density at radius 3 is 1.96 bits per heavy atom. The Kier molecular flexibility index (Phi) is 4.54. The topological polar surface area (TPSA) is 62.6 Å². The van der Waals surface area contributed by atoms with Gasteiger partial charge in [0.15, 0.2) is 6.54 Å². The second-order valence-electron chi connectivity index (χ2n) is 9.04. The van der Waals surface area contributed by atoms with Crippen molar-refractivity contribution in [2.75, 3.05) is 19.6 Å². The summed E-state index contributed by atoms with van der Waals surface area (Å²) >= 11 is 0. The zero-order chi connectivity index (χ0) is 16.6. The van der Waals surface area contributed by atoms with Gasteiger partial charge >= 0.3 is 6.03 Å². The number of amides is 3. The van der Waals surface area contributed by atoms with Gasteiger partial charge in [0.05, 0.1) is 13.1 Å². The molecule has 24 heavy (non-hydrogen) atoms. The molecule has 5 rings (SSSR count). The number of urea groups is 1. The van der Waals surface area contributed by atoms with E-state index >= 15 is 0 Å². The van der Waals surface area contributed by atoms with Crippen molar-refractivity contribution < 1.29 is 14.5 Å². The molecule has 0 atom stereocenters. The standard InChI is InChI=1S/C19H31N3O2/c23-17(13-22-5-3-1-2-4-6-22)20-18(24)21-19-10-14-7-15(11-19)9-16(8-14)12-19/h14-16H,1-13H2,(H2,20,21,23,24)/p+1. The highest BCUT2D eigenvalue weighted by molar-refractivity contribution is 5.95. The van der Waals surface area contributed by atoms with Crippen LogP contribution >= 0.6 is 0 Å². The molecule has 0 spiro atoms. The summed E-state index contributed by atoms with van der Waals surface area (Å²) in [4.78, 5) is 25.9. The fourth-order valence-electron chi connectivity index (χ4n) is 6.34. The molecule has 0 aromatic heterocycles. The maximum Gasteiger partial charge on any atom is 0.322 e. The maximum absolute atomic E-state index is 12.4. The monoisotopic (exact) mass is 334 g/mol. The average molecular weight is 334 g/mol. The van der Waals surface area contributed by atoms with Gasteiger partial charge in [-0.3, -0.25) is 10.1 Å². The molecule has 1 aliphatic heterocycles. The lowest BCUT2D eigenvalue weighted by Gasteiger charge is -2.56. The highest BCUT2D eigenvalue weighted by atomic mass is 16.2. The Morgan fingerprint density at radius 1 is 0.875 bits per heavy atom. The number of rotatable bonds is 3. The molecule has 134 valence electrons. The van der Waals surface area contributed by atoms with E-state index in [0.717, 1.165) is 50.1 Å². The third kappa shape index (κ3) is 3.61. The first-order valence-electron chi connectivity index (χ1n) is 10.1. The van der Waals surface area contributed by atoms with Crippen molar-refractivity contribution in [2.45, 2.75) is 69.7 Å². The first kappa shape index (κ1) is 16.4. The molecule has 4 bridgehead atoms. The van der Waals surface area contributed by atoms with E-state index in [9.17, 15) is 9.59 Å². The van der Waals surface area contributed by atoms with Crippen LogP contribution in [0.2, 0.25) is 0 Å². The van der Waals surface area contributed by atoms with Crippen LogP contribution in [0.15, 0.2) is 0 Å². The van der Waals surface area contributed by atoms with Gasteiger partial charge in [-0.05, 0) is 82.0 Å². The summed E-state index contributed by atoms with van der Waals surface area (Å²) in [5.41, 5.74) is -0.0193. The van der Waals surface area contributed by atoms with Gasteiger partial charge in [-0.1, -0.05) is 0 Å². The number of nitrogens with one attached hydrogen (secondary N) is 3. The second kappa shape index (κ2) is 6.66. The van der Waals surface area contributed by atoms with E-state index in [4.69, 9.17) is 0 Å². The van der Waals surface area contributed by atoms with Crippen LogP contribution in [0.25, 0.3) is 0 Å². The van der Waals surface area contributed by atoms with Gasteiger partial charge in [0, 0.05) is 5.54 Å². The molecular weight excluding hydrogens is 302 g/mol. The third-order valence-corrected chi connectivity index (χ3v) is 6.89. The average Bonchev–Trinajstić information content (AvgIpc) is 2.73. The van der Waals surface area contributed by atoms with Gasteiger partial charge in [0.2, 0.25) is 0 Å². The summed E-state index contributed by atoms with van der Waals surface area (Å²) < 4.78 is 0. The minimum absolute atomic E-state index is 0.0193. The van der Waals surface area contributed by atoms with Crippen molar-refractivity contribution in [3.05, 3.63) is 0 Å². The lowest BCUT2D eigenvalue weighted by molar-refractivity contribution is -0.891. The number of imide groups is 1. The molecule has 5 nitrogen and oxygen atoms in total. The van der Waals surface area contributed by atoms with E-state index in [2.05, 4.69) is 10.6 Å². The summed E-state index contributed by atoms with van der Waals surface area (Å²) in [5, 5.41) is 5.84. The number of hydrogen-bond donors (Lipinski definition) is 3. The van der Waals surface area contributed by atoms with Crippen LogP contribution in [-0.2, 0) is 4.79 Å². The minimum Gasteiger partial charge on any atom is -0.332 e. The van der Waals surface area contributed by atoms with E-state index < -0.39 is 0 Å². The minimum atomic E-state index is -0.254. The zero-order valence-electron chi connectivity index (χ0n) is 14.7. The molecule has 5 fully saturated rings. The Bertz CT molecular complexity index is 462. The number of hydrogen-bond acceptors (Lipinski definition) is 2. The maximum atomic E-state index is 12.4. The lowest BCUT2D eigenvalue weighted by atomic mass is 9.53. The normalized spacial score (nSPS) is 38.6. The summed E-state index contributed by atoms with van der Waals surface area (Å²) in [7, 11) is 0. The van der Waals surface area contributed by atoms with Crippen molar-refractivity contribution in [2.24, 2.45) is 17.8 Å². The lowest BCUT2D eigenvalue weighted by Crippen LogP contribution is -3.13. The molecule has 3 N–H and O–H groups in total. The molecule has 1 heterocycles. The first-order chi connectivity index (χ1) is 11.6. The van der Waals surface area contributed by atoms with E-state index in [1.54, 1.807) is 0 Å². The van der Waals surface area contributed by atoms with Crippen molar-refractivity contribution in [3.63, 3.8) is 0 Å². The molecule has 0 unspecified atom stereocenters. The third-order valence-electron chi connectivity index (χ3n) is 6.89. The second-order valence-corrected chi connectivity index (χ2v) is 9.04. The summed E-state index contributed by atoms with van der Waals surface area (Å²) in [6, 6.07) is -0.254. The van der Waals surface area contributed by atoms with E-state index in [1.165, 1.54) is 49.8 Å². The van der Waals surface area contributed by atoms with Gasteiger partial charge in [-0.2, -0.15) is 0 Å². The summed E-state index contributed by atoms with van der Waals surface area (Å²) in [5.74, 6) is 2.28. The molecule has 3 amide bonds. The summed E-state index contributed by atoms with van der Waals surface area (Å²) in [6.45, 7) is 2.56. The number of carbonyl (C=O) groups is 2. The van der Waals surface area contributed by atoms with Gasteiger partial charge in [-0.25, -0.2) is 4.79 Å². The predicted octanol–water partition coefficient (Wildman–Crippen LogP) is 1.24. The van der Waals surface area contributed by atoms with Crippen molar-refractivity contribution in [1.29, 1.82) is 0 Å². The smallest absolute Gasteiger partial charge is 0.322 e. The number of quaternary nitrogens is 1. The fraction of sp³-hybridized carbons (Fsp3) is 0.895. The quantitative estimate of drug-likeness (QED) is 0.727. The zero-order valence-corrected chi connectivity index (χ0v) is 14.7. The SMILES string of the molecule is O=C(C[NH+]1CCCCCC1)NC(=O)NC12CC3CC(CC(C3)C1)C2. The molecule has 0 aromatic rings. The van der Waals surface area contributed by atoms with Gasteiger partial charge in [-0.15, -0.1) is 0 Å². The number of carbonyl (C=O) groups excluding carboxylic acids is 2. The first-order valence-corrected chi connectivity index (χ1v) is 10.1. The van der Waals surface area contributed by atoms with Crippen LogP contribution in [0.5, 0.6) is 0 Å². The molecule has 4 aliphatic carbocycles. The van der Waals surface area contributed by atoms with Crippen LogP contribution < -0.4 is 15.5 Å². The summed E-state index contributed by atoms with van der Waals surface area (Å²) in [6.07, 6.45) is 12.4. The molecule has 5 heteroatoms. The highest BCUT2D eigenvalue weighted by Gasteiger charge is 2.51.